The molecule has 1 unspecified atom stereocenters. The first-order chi connectivity index (χ1) is 24.1. The van der Waals surface area contributed by atoms with Crippen LogP contribution in [0.25, 0.3) is 0 Å². The van der Waals surface area contributed by atoms with Crippen molar-refractivity contribution in [2.24, 2.45) is 23.7 Å². The first kappa shape index (κ1) is 43.8. The van der Waals surface area contributed by atoms with Crippen LogP contribution in [0.5, 0.6) is 0 Å². The number of ether oxygens (including phenoxy) is 6. The molecule has 0 aromatic carbocycles. The number of carbonyl (C=O) groups excluding carboxylic acids is 1. The third kappa shape index (κ3) is 9.34. The summed E-state index contributed by atoms with van der Waals surface area (Å²) in [7, 11) is 3.56. The highest BCUT2D eigenvalue weighted by Crippen LogP contribution is 2.47. The Labute approximate surface area is 312 Å². The number of nitrogens with one attached hydrogen (secondary N) is 1. The van der Waals surface area contributed by atoms with Crippen molar-refractivity contribution in [2.75, 3.05) is 20.7 Å². The molecule has 5 N–H and O–H groups in total. The van der Waals surface area contributed by atoms with Gasteiger partial charge in [-0.25, -0.2) is 0 Å². The number of methoxy groups -OCH3 is 1. The molecule has 0 spiro atoms. The van der Waals surface area contributed by atoms with Gasteiger partial charge >= 0.3 is 0 Å². The maximum atomic E-state index is 14.3. The first-order valence-corrected chi connectivity index (χ1v) is 19.7. The van der Waals surface area contributed by atoms with Gasteiger partial charge in [-0.15, -0.1) is 0 Å². The zero-order chi connectivity index (χ0) is 39.1. The van der Waals surface area contributed by atoms with Crippen LogP contribution >= 0.6 is 0 Å². The maximum absolute atomic E-state index is 14.3. The quantitative estimate of drug-likeness (QED) is 0.235. The second-order valence-corrected chi connectivity index (χ2v) is 17.7. The smallest absolute Gasteiger partial charge is 0.225 e. The third-order valence-electron chi connectivity index (χ3n) is 12.8. The zero-order valence-electron chi connectivity index (χ0n) is 34.1. The second-order valence-electron chi connectivity index (χ2n) is 17.7. The topological polar surface area (TPSA) is 169 Å². The number of hydrogen-bond donors (Lipinski definition) is 5. The van der Waals surface area contributed by atoms with Gasteiger partial charge in [0.05, 0.1) is 65.9 Å². The number of hydrogen-bond acceptors (Lipinski definition) is 12. The van der Waals surface area contributed by atoms with Crippen LogP contribution in [0, 0.1) is 23.7 Å². The number of aliphatic hydroxyl groups excluding tert-OH is 3. The molecule has 4 aliphatic rings. The predicted octanol–water partition coefficient (Wildman–Crippen LogP) is 2.98. The number of likely N-dealkylation sites (N-methyl/N-ethyl adjacent to an activating group) is 1. The van der Waals surface area contributed by atoms with Crippen molar-refractivity contribution in [1.82, 2.24) is 10.2 Å². The zero-order valence-corrected chi connectivity index (χ0v) is 34.1. The average Bonchev–Trinajstić information content (AvgIpc) is 3.37. The largest absolute Gasteiger partial charge is 0.392 e. The summed E-state index contributed by atoms with van der Waals surface area (Å²) in [6.45, 7) is 21.2. The number of rotatable bonds is 9. The molecule has 2 bridgehead atoms. The molecular weight excluding hydrogens is 672 g/mol. The fraction of sp³-hybridized carbons (Fsp3) is 0.974. The van der Waals surface area contributed by atoms with Gasteiger partial charge in [-0.2, -0.15) is 0 Å². The Morgan fingerprint density at radius 3 is 2.23 bits per heavy atom. The van der Waals surface area contributed by atoms with Crippen molar-refractivity contribution >= 4 is 5.91 Å². The molecule has 4 fully saturated rings. The van der Waals surface area contributed by atoms with E-state index in [1.54, 1.807) is 27.9 Å². The van der Waals surface area contributed by atoms with Crippen LogP contribution in [0.4, 0.5) is 0 Å². The van der Waals surface area contributed by atoms with Crippen LogP contribution in [0.1, 0.15) is 108 Å². The molecule has 4 saturated heterocycles. The second kappa shape index (κ2) is 17.0. The molecule has 13 nitrogen and oxygen atoms in total. The average molecular weight is 745 g/mol. The van der Waals surface area contributed by atoms with E-state index in [2.05, 4.69) is 12.2 Å². The van der Waals surface area contributed by atoms with Gasteiger partial charge in [-0.05, 0) is 73.8 Å². The van der Waals surface area contributed by atoms with Crippen molar-refractivity contribution in [2.45, 2.75) is 199 Å². The number of nitrogens with zero attached hydrogens (tertiary/aromatic N) is 1. The fourth-order valence-electron chi connectivity index (χ4n) is 9.86. The molecule has 0 aliphatic carbocycles. The summed E-state index contributed by atoms with van der Waals surface area (Å²) in [5, 5.41) is 48.6. The number of carbonyl (C=O) groups is 1. The molecule has 4 rings (SSSR count). The van der Waals surface area contributed by atoms with Gasteiger partial charge in [0.1, 0.15) is 11.7 Å². The van der Waals surface area contributed by atoms with Crippen LogP contribution < -0.4 is 5.32 Å². The lowest BCUT2D eigenvalue weighted by Crippen LogP contribution is -2.61. The lowest BCUT2D eigenvalue weighted by atomic mass is 9.75. The standard InChI is InChI=1S/C39H72N2O11/c1-14-28-39(11,46)33(44)24(6)31-20(2)16-38(10,52-31)34(51-36-30(43)27(15-22(4)49-36)41(12)19-21(3)42)25(7)32(26(8)35(45)40-28)50-29-18-37(9,47-13)17-23(5)48-29/h20-34,36,42-44,46H,14-19H2,1-13H3,(H,40,45)/t20-,21?,22-,23+,24+,25+,26-,27+,28-,29+,30-,31-,32+,33-,34-,36+,37+,38-,39-/m1/s1. The van der Waals surface area contributed by atoms with Crippen molar-refractivity contribution in [3.05, 3.63) is 0 Å². The van der Waals surface area contributed by atoms with Gasteiger partial charge in [-0.1, -0.05) is 34.6 Å². The fourth-order valence-corrected chi connectivity index (χ4v) is 9.86. The minimum absolute atomic E-state index is 0.0378. The van der Waals surface area contributed by atoms with Gasteiger partial charge in [0.15, 0.2) is 12.6 Å². The Bertz CT molecular complexity index is 1180. The number of amides is 1. The first-order valence-electron chi connectivity index (χ1n) is 19.7. The van der Waals surface area contributed by atoms with Crippen LogP contribution in [0.3, 0.4) is 0 Å². The Balaban J connectivity index is 1.82. The highest BCUT2D eigenvalue weighted by molar-refractivity contribution is 5.79. The van der Waals surface area contributed by atoms with Gasteiger partial charge in [-0.3, -0.25) is 9.69 Å². The van der Waals surface area contributed by atoms with Crippen LogP contribution in [0.2, 0.25) is 0 Å². The van der Waals surface area contributed by atoms with E-state index in [-0.39, 0.29) is 30.1 Å². The lowest BCUT2D eigenvalue weighted by molar-refractivity contribution is -0.312. The molecule has 0 aromatic heterocycles. The summed E-state index contributed by atoms with van der Waals surface area (Å²) in [6.07, 6.45) is -4.43. The van der Waals surface area contributed by atoms with E-state index in [9.17, 15) is 25.2 Å². The highest BCUT2D eigenvalue weighted by atomic mass is 16.7. The number of fused-ring (bicyclic) bond motifs is 2. The molecule has 4 heterocycles. The van der Waals surface area contributed by atoms with E-state index in [1.165, 1.54) is 0 Å². The van der Waals surface area contributed by atoms with Gasteiger partial charge in [0.25, 0.3) is 0 Å². The van der Waals surface area contributed by atoms with Crippen molar-refractivity contribution in [3.63, 3.8) is 0 Å². The molecule has 19 atom stereocenters. The SMILES string of the molecule is CC[C@H]1NC(=O)[C@H](C)[C@@H](O[C@H]2C[C@@](C)(OC)C[C@H](C)O2)[C@H](C)[C@@H](O[C@@H]2O[C@H](C)C[C@H](N(C)CC(C)O)[C@H]2O)[C@@]2(C)C[C@@H](C)[C@@H](O2)[C@H](C)[C@@H](O)[C@]1(C)O. The van der Waals surface area contributed by atoms with Crippen molar-refractivity contribution < 1.29 is 53.6 Å². The van der Waals surface area contributed by atoms with Crippen LogP contribution in [0.15, 0.2) is 0 Å². The lowest BCUT2D eigenvalue weighted by Gasteiger charge is -2.48. The molecule has 1 amide bonds. The minimum Gasteiger partial charge on any atom is -0.392 e. The Kier molecular flexibility index (Phi) is 14.3. The predicted molar refractivity (Wildman–Crippen MR) is 195 cm³/mol. The van der Waals surface area contributed by atoms with Gasteiger partial charge in [0.2, 0.25) is 5.91 Å². The van der Waals surface area contributed by atoms with E-state index < -0.39 is 89.8 Å². The minimum atomic E-state index is -1.66. The van der Waals surface area contributed by atoms with E-state index in [0.717, 1.165) is 0 Å². The molecule has 304 valence electrons. The van der Waals surface area contributed by atoms with Crippen molar-refractivity contribution in [1.29, 1.82) is 0 Å². The third-order valence-corrected chi connectivity index (χ3v) is 12.8. The molecular formula is C39H72N2O11. The maximum Gasteiger partial charge on any atom is 0.225 e. The Morgan fingerprint density at radius 2 is 1.63 bits per heavy atom. The summed E-state index contributed by atoms with van der Waals surface area (Å²) in [6, 6.07) is -1.10. The molecule has 13 heteroatoms. The van der Waals surface area contributed by atoms with Crippen molar-refractivity contribution in [3.8, 4) is 0 Å². The molecule has 0 aromatic rings. The van der Waals surface area contributed by atoms with E-state index in [4.69, 9.17) is 28.4 Å². The summed E-state index contributed by atoms with van der Waals surface area (Å²) in [5.41, 5.74) is -3.14. The molecule has 0 saturated carbocycles. The van der Waals surface area contributed by atoms with Gasteiger partial charge < -0.3 is 54.2 Å². The summed E-state index contributed by atoms with van der Waals surface area (Å²) in [4.78, 5) is 16.2. The van der Waals surface area contributed by atoms with Gasteiger partial charge in [0, 0.05) is 44.4 Å². The Morgan fingerprint density at radius 1 is 0.981 bits per heavy atom. The normalized spacial score (nSPS) is 50.2. The van der Waals surface area contributed by atoms with Crippen LogP contribution in [-0.4, -0.2) is 142 Å². The van der Waals surface area contributed by atoms with Crippen LogP contribution in [-0.2, 0) is 33.2 Å². The monoisotopic (exact) mass is 745 g/mol. The molecule has 52 heavy (non-hydrogen) atoms. The summed E-state index contributed by atoms with van der Waals surface area (Å²) in [5.74, 6) is -2.17. The number of aliphatic hydroxyl groups is 4. The van der Waals surface area contributed by atoms with E-state index >= 15 is 0 Å². The van der Waals surface area contributed by atoms with E-state index in [1.807, 2.05) is 60.4 Å². The highest BCUT2D eigenvalue weighted by Gasteiger charge is 2.57. The van der Waals surface area contributed by atoms with E-state index in [0.29, 0.717) is 38.6 Å². The summed E-state index contributed by atoms with van der Waals surface area (Å²) < 4.78 is 39.5. The molecule has 0 radical (unpaired) electrons. The molecule has 4 aliphatic heterocycles. The summed E-state index contributed by atoms with van der Waals surface area (Å²) >= 11 is 0. The Hall–Kier alpha value is -0.970.